The van der Waals surface area contributed by atoms with E-state index >= 15 is 0 Å². The van der Waals surface area contributed by atoms with Crippen molar-refractivity contribution in [2.45, 2.75) is 46.0 Å². The van der Waals surface area contributed by atoms with E-state index in [2.05, 4.69) is 6.92 Å². The zero-order chi connectivity index (χ0) is 11.6. The van der Waals surface area contributed by atoms with Crippen LogP contribution in [0.15, 0.2) is 18.2 Å². The van der Waals surface area contributed by atoms with Gasteiger partial charge in [0.1, 0.15) is 0 Å². The molecule has 0 aliphatic heterocycles. The Hall–Kier alpha value is -0.920. The summed E-state index contributed by atoms with van der Waals surface area (Å²) in [6.07, 6.45) is 0.942. The van der Waals surface area contributed by atoms with Gasteiger partial charge in [-0.05, 0) is 37.0 Å². The van der Waals surface area contributed by atoms with Crippen LogP contribution in [0.25, 0.3) is 0 Å². The molecular formula is C13H18F2. The Balaban J connectivity index is 3.06. The van der Waals surface area contributed by atoms with Gasteiger partial charge in [-0.3, -0.25) is 0 Å². The van der Waals surface area contributed by atoms with Crippen molar-refractivity contribution in [3.63, 3.8) is 0 Å². The van der Waals surface area contributed by atoms with E-state index < -0.39 is 11.8 Å². The highest BCUT2D eigenvalue weighted by Crippen LogP contribution is 2.34. The molecule has 0 radical (unpaired) electrons. The van der Waals surface area contributed by atoms with Gasteiger partial charge in [-0.1, -0.05) is 32.0 Å². The molecule has 0 bridgehead atoms. The second-order valence-electron chi connectivity index (χ2n) is 4.22. The van der Waals surface area contributed by atoms with Crippen LogP contribution in [0.2, 0.25) is 0 Å². The van der Waals surface area contributed by atoms with Crippen LogP contribution < -0.4 is 0 Å². The number of rotatable bonds is 3. The summed E-state index contributed by atoms with van der Waals surface area (Å²) in [6.45, 7) is 6.52. The summed E-state index contributed by atoms with van der Waals surface area (Å²) < 4.78 is 26.3. The molecule has 0 aliphatic rings. The van der Waals surface area contributed by atoms with Gasteiger partial charge in [0.2, 0.25) is 0 Å². The van der Waals surface area contributed by atoms with Gasteiger partial charge >= 0.3 is 0 Å². The summed E-state index contributed by atoms with van der Waals surface area (Å²) >= 11 is 0. The van der Waals surface area contributed by atoms with Crippen LogP contribution in [-0.2, 0) is 6.42 Å². The monoisotopic (exact) mass is 212 g/mol. The molecule has 0 amide bonds. The maximum absolute atomic E-state index is 13.2. The first-order valence-corrected chi connectivity index (χ1v) is 5.33. The Morgan fingerprint density at radius 1 is 1.33 bits per heavy atom. The Morgan fingerprint density at radius 3 is 2.33 bits per heavy atom. The van der Waals surface area contributed by atoms with E-state index in [4.69, 9.17) is 0 Å². The molecule has 0 fully saturated rings. The van der Waals surface area contributed by atoms with E-state index in [0.29, 0.717) is 0 Å². The van der Waals surface area contributed by atoms with E-state index in [0.717, 1.165) is 24.5 Å². The third-order valence-electron chi connectivity index (χ3n) is 2.97. The highest BCUT2D eigenvalue weighted by atomic mass is 19.3. The fraction of sp³-hybridized carbons (Fsp3) is 0.538. The third-order valence-corrected chi connectivity index (χ3v) is 2.97. The Morgan fingerprint density at radius 2 is 1.93 bits per heavy atom. The smallest absolute Gasteiger partial charge is 0.207 e. The molecule has 1 atom stereocenters. The summed E-state index contributed by atoms with van der Waals surface area (Å²) in [5, 5.41) is 0. The molecule has 0 aromatic heterocycles. The van der Waals surface area contributed by atoms with Crippen molar-refractivity contribution in [2.75, 3.05) is 0 Å². The minimum atomic E-state index is -2.65. The lowest BCUT2D eigenvalue weighted by molar-refractivity contribution is -0.00241. The zero-order valence-corrected chi connectivity index (χ0v) is 9.77. The van der Waals surface area contributed by atoms with Gasteiger partial charge in [-0.2, -0.15) is 0 Å². The highest BCUT2D eigenvalue weighted by molar-refractivity contribution is 5.34. The number of alkyl halides is 2. The fourth-order valence-corrected chi connectivity index (χ4v) is 1.72. The van der Waals surface area contributed by atoms with Gasteiger partial charge in [0.15, 0.2) is 0 Å². The van der Waals surface area contributed by atoms with Crippen LogP contribution in [0.5, 0.6) is 0 Å². The van der Waals surface area contributed by atoms with Crippen LogP contribution in [0.1, 0.15) is 43.4 Å². The average molecular weight is 212 g/mol. The van der Waals surface area contributed by atoms with Crippen molar-refractivity contribution in [3.05, 3.63) is 34.9 Å². The van der Waals surface area contributed by atoms with Gasteiger partial charge in [0.05, 0.1) is 0 Å². The second kappa shape index (κ2) is 4.30. The predicted molar refractivity (Wildman–Crippen MR) is 59.6 cm³/mol. The van der Waals surface area contributed by atoms with Gasteiger partial charge in [-0.15, -0.1) is 0 Å². The fourth-order valence-electron chi connectivity index (χ4n) is 1.72. The standard InChI is InChI=1S/C13H18F2/c1-5-11-6-7-12(9(2)8-11)10(3)13(4,14)15/h6-8,10H,5H2,1-4H3. The van der Waals surface area contributed by atoms with Crippen LogP contribution >= 0.6 is 0 Å². The normalized spacial score (nSPS) is 14.0. The minimum Gasteiger partial charge on any atom is -0.207 e. The quantitative estimate of drug-likeness (QED) is 0.700. The molecule has 0 aliphatic carbocycles. The Bertz CT molecular complexity index is 337. The molecule has 0 spiro atoms. The maximum atomic E-state index is 13.2. The van der Waals surface area contributed by atoms with Gasteiger partial charge in [0.25, 0.3) is 5.92 Å². The largest absolute Gasteiger partial charge is 0.251 e. The molecule has 0 heterocycles. The van der Waals surface area contributed by atoms with Crippen LogP contribution in [-0.4, -0.2) is 5.92 Å². The number of aryl methyl sites for hydroxylation is 2. The molecule has 1 aromatic rings. The molecule has 2 heteroatoms. The van der Waals surface area contributed by atoms with Crippen molar-refractivity contribution in [1.82, 2.24) is 0 Å². The van der Waals surface area contributed by atoms with Gasteiger partial charge in [0, 0.05) is 5.92 Å². The van der Waals surface area contributed by atoms with E-state index in [-0.39, 0.29) is 0 Å². The first kappa shape index (κ1) is 12.2. The summed E-state index contributed by atoms with van der Waals surface area (Å²) in [5.74, 6) is -3.37. The molecular weight excluding hydrogens is 194 g/mol. The molecule has 15 heavy (non-hydrogen) atoms. The van der Waals surface area contributed by atoms with Crippen molar-refractivity contribution in [3.8, 4) is 0 Å². The topological polar surface area (TPSA) is 0 Å². The third kappa shape index (κ3) is 2.77. The molecule has 0 N–H and O–H groups in total. The lowest BCUT2D eigenvalue weighted by Gasteiger charge is -2.21. The number of benzene rings is 1. The van der Waals surface area contributed by atoms with E-state index in [1.165, 1.54) is 5.56 Å². The molecule has 0 saturated heterocycles. The average Bonchev–Trinajstić information content (AvgIpc) is 2.15. The summed E-state index contributed by atoms with van der Waals surface area (Å²) in [4.78, 5) is 0. The SMILES string of the molecule is CCc1ccc(C(C)C(C)(F)F)c(C)c1. The van der Waals surface area contributed by atoms with Crippen LogP contribution in [0.4, 0.5) is 8.78 Å². The van der Waals surface area contributed by atoms with Crippen LogP contribution in [0.3, 0.4) is 0 Å². The Labute approximate surface area is 90.3 Å². The lowest BCUT2D eigenvalue weighted by Crippen LogP contribution is -2.20. The van der Waals surface area contributed by atoms with Crippen molar-refractivity contribution < 1.29 is 8.78 Å². The molecule has 1 unspecified atom stereocenters. The molecule has 1 aromatic carbocycles. The second-order valence-corrected chi connectivity index (χ2v) is 4.22. The molecule has 0 saturated carbocycles. The maximum Gasteiger partial charge on any atom is 0.251 e. The van der Waals surface area contributed by atoms with Crippen molar-refractivity contribution in [1.29, 1.82) is 0 Å². The number of hydrogen-bond donors (Lipinski definition) is 0. The zero-order valence-electron chi connectivity index (χ0n) is 9.77. The van der Waals surface area contributed by atoms with Gasteiger partial charge < -0.3 is 0 Å². The van der Waals surface area contributed by atoms with E-state index in [9.17, 15) is 8.78 Å². The predicted octanol–water partition coefficient (Wildman–Crippen LogP) is 4.32. The van der Waals surface area contributed by atoms with Crippen LogP contribution in [0, 0.1) is 6.92 Å². The first-order valence-electron chi connectivity index (χ1n) is 5.33. The molecule has 0 nitrogen and oxygen atoms in total. The summed E-state index contributed by atoms with van der Waals surface area (Å²) in [6, 6.07) is 5.76. The van der Waals surface area contributed by atoms with Crippen molar-refractivity contribution >= 4 is 0 Å². The number of halogens is 2. The first-order chi connectivity index (χ1) is 6.86. The van der Waals surface area contributed by atoms with E-state index in [1.807, 2.05) is 25.1 Å². The van der Waals surface area contributed by atoms with E-state index in [1.54, 1.807) is 6.92 Å². The Kier molecular flexibility index (Phi) is 3.48. The summed E-state index contributed by atoms with van der Waals surface area (Å²) in [7, 11) is 0. The minimum absolute atomic E-state index is 0.719. The highest BCUT2D eigenvalue weighted by Gasteiger charge is 2.32. The molecule has 1 rings (SSSR count). The number of hydrogen-bond acceptors (Lipinski definition) is 0. The molecule has 84 valence electrons. The van der Waals surface area contributed by atoms with Crippen molar-refractivity contribution in [2.24, 2.45) is 0 Å². The van der Waals surface area contributed by atoms with Gasteiger partial charge in [-0.25, -0.2) is 8.78 Å². The lowest BCUT2D eigenvalue weighted by atomic mass is 9.90. The summed E-state index contributed by atoms with van der Waals surface area (Å²) in [5.41, 5.74) is 2.91.